The van der Waals surface area contributed by atoms with Crippen LogP contribution in [0.1, 0.15) is 16.7 Å². The van der Waals surface area contributed by atoms with Gasteiger partial charge in [0.25, 0.3) is 0 Å². The first-order valence-electron chi connectivity index (χ1n) is 8.21. The maximum atomic E-state index is 6.00. The molecule has 3 rings (SSSR count). The SMILES string of the molecule is COc1ccc(CN(Cc2ccncc2)Cc2ccc(Cl)cc2)cc1. The predicted octanol–water partition coefficient (Wildman–Crippen LogP) is 4.95. The summed E-state index contributed by atoms with van der Waals surface area (Å²) in [4.78, 5) is 6.51. The van der Waals surface area contributed by atoms with E-state index in [0.717, 1.165) is 30.4 Å². The van der Waals surface area contributed by atoms with Crippen molar-refractivity contribution in [1.29, 1.82) is 0 Å². The minimum absolute atomic E-state index is 0.764. The van der Waals surface area contributed by atoms with E-state index < -0.39 is 0 Å². The fourth-order valence-corrected chi connectivity index (χ4v) is 2.88. The van der Waals surface area contributed by atoms with Crippen LogP contribution in [-0.4, -0.2) is 17.0 Å². The van der Waals surface area contributed by atoms with Crippen LogP contribution in [0, 0.1) is 0 Å². The second-order valence-corrected chi connectivity index (χ2v) is 6.41. The highest BCUT2D eigenvalue weighted by Crippen LogP contribution is 2.18. The summed E-state index contributed by atoms with van der Waals surface area (Å²) in [7, 11) is 1.69. The first-order chi connectivity index (χ1) is 12.2. The molecular formula is C21H21ClN2O. The molecule has 0 amide bonds. The average Bonchev–Trinajstić information content (AvgIpc) is 2.65. The number of benzene rings is 2. The summed E-state index contributed by atoms with van der Waals surface area (Å²) in [5, 5.41) is 0.764. The Hall–Kier alpha value is -2.36. The van der Waals surface area contributed by atoms with Gasteiger partial charge in [-0.2, -0.15) is 0 Å². The smallest absolute Gasteiger partial charge is 0.118 e. The highest BCUT2D eigenvalue weighted by Gasteiger charge is 2.09. The van der Waals surface area contributed by atoms with Crippen molar-refractivity contribution in [2.24, 2.45) is 0 Å². The molecule has 0 aliphatic carbocycles. The zero-order valence-electron chi connectivity index (χ0n) is 14.2. The lowest BCUT2D eigenvalue weighted by molar-refractivity contribution is 0.247. The van der Waals surface area contributed by atoms with Crippen LogP contribution in [-0.2, 0) is 19.6 Å². The van der Waals surface area contributed by atoms with E-state index in [0.29, 0.717) is 0 Å². The monoisotopic (exact) mass is 352 g/mol. The lowest BCUT2D eigenvalue weighted by Gasteiger charge is -2.23. The van der Waals surface area contributed by atoms with Crippen molar-refractivity contribution in [3.8, 4) is 5.75 Å². The molecule has 0 N–H and O–H groups in total. The Labute approximate surface area is 153 Å². The number of hydrogen-bond acceptors (Lipinski definition) is 3. The van der Waals surface area contributed by atoms with Gasteiger partial charge in [0.2, 0.25) is 0 Å². The Morgan fingerprint density at radius 3 is 1.76 bits per heavy atom. The van der Waals surface area contributed by atoms with Crippen LogP contribution in [0.15, 0.2) is 73.1 Å². The molecular weight excluding hydrogens is 332 g/mol. The number of pyridine rings is 1. The van der Waals surface area contributed by atoms with Gasteiger partial charge in [-0.15, -0.1) is 0 Å². The van der Waals surface area contributed by atoms with Gasteiger partial charge >= 0.3 is 0 Å². The highest BCUT2D eigenvalue weighted by molar-refractivity contribution is 6.30. The third-order valence-corrected chi connectivity index (χ3v) is 4.29. The molecule has 25 heavy (non-hydrogen) atoms. The molecule has 1 heterocycles. The number of halogens is 1. The van der Waals surface area contributed by atoms with Gasteiger partial charge in [0.15, 0.2) is 0 Å². The van der Waals surface area contributed by atoms with Crippen LogP contribution < -0.4 is 4.74 Å². The number of ether oxygens (including phenoxy) is 1. The van der Waals surface area contributed by atoms with Crippen molar-refractivity contribution in [1.82, 2.24) is 9.88 Å². The minimum Gasteiger partial charge on any atom is -0.497 e. The molecule has 0 unspecified atom stereocenters. The first kappa shape index (κ1) is 17.5. The maximum Gasteiger partial charge on any atom is 0.118 e. The van der Waals surface area contributed by atoms with Gasteiger partial charge < -0.3 is 4.74 Å². The normalized spacial score (nSPS) is 10.8. The topological polar surface area (TPSA) is 25.4 Å². The molecule has 0 saturated carbocycles. The molecule has 0 atom stereocenters. The molecule has 0 fully saturated rings. The van der Waals surface area contributed by atoms with E-state index in [1.165, 1.54) is 16.7 Å². The second-order valence-electron chi connectivity index (χ2n) is 5.98. The molecule has 0 spiro atoms. The van der Waals surface area contributed by atoms with Crippen molar-refractivity contribution in [2.45, 2.75) is 19.6 Å². The molecule has 1 aromatic heterocycles. The zero-order valence-corrected chi connectivity index (χ0v) is 15.0. The minimum atomic E-state index is 0.764. The van der Waals surface area contributed by atoms with Crippen molar-refractivity contribution >= 4 is 11.6 Å². The van der Waals surface area contributed by atoms with E-state index in [1.54, 1.807) is 7.11 Å². The van der Waals surface area contributed by atoms with Crippen molar-refractivity contribution < 1.29 is 4.74 Å². The number of hydrogen-bond donors (Lipinski definition) is 0. The Morgan fingerprint density at radius 2 is 1.24 bits per heavy atom. The van der Waals surface area contributed by atoms with E-state index in [9.17, 15) is 0 Å². The van der Waals surface area contributed by atoms with Crippen molar-refractivity contribution in [3.05, 3.63) is 94.8 Å². The van der Waals surface area contributed by atoms with Gasteiger partial charge in [-0.1, -0.05) is 35.9 Å². The largest absolute Gasteiger partial charge is 0.497 e. The van der Waals surface area contributed by atoms with Gasteiger partial charge in [0.05, 0.1) is 7.11 Å². The van der Waals surface area contributed by atoms with E-state index in [1.807, 2.05) is 36.7 Å². The van der Waals surface area contributed by atoms with Crippen LogP contribution in [0.3, 0.4) is 0 Å². The number of aromatic nitrogens is 1. The summed E-state index contributed by atoms with van der Waals surface area (Å²) in [6.45, 7) is 2.57. The summed E-state index contributed by atoms with van der Waals surface area (Å²) in [5.41, 5.74) is 3.74. The van der Waals surface area contributed by atoms with Crippen LogP contribution in [0.5, 0.6) is 5.75 Å². The molecule has 3 aromatic rings. The van der Waals surface area contributed by atoms with E-state index in [-0.39, 0.29) is 0 Å². The molecule has 0 aliphatic rings. The van der Waals surface area contributed by atoms with E-state index in [2.05, 4.69) is 46.3 Å². The van der Waals surface area contributed by atoms with Crippen LogP contribution in [0.4, 0.5) is 0 Å². The summed E-state index contributed by atoms with van der Waals surface area (Å²) in [6.07, 6.45) is 3.67. The van der Waals surface area contributed by atoms with Crippen LogP contribution >= 0.6 is 11.6 Å². The van der Waals surface area contributed by atoms with Gasteiger partial charge in [0, 0.05) is 37.1 Å². The molecule has 2 aromatic carbocycles. The first-order valence-corrected chi connectivity index (χ1v) is 8.59. The van der Waals surface area contributed by atoms with E-state index in [4.69, 9.17) is 16.3 Å². The van der Waals surface area contributed by atoms with E-state index >= 15 is 0 Å². The summed E-state index contributed by atoms with van der Waals surface area (Å²) < 4.78 is 5.24. The number of nitrogens with zero attached hydrogens (tertiary/aromatic N) is 2. The van der Waals surface area contributed by atoms with Gasteiger partial charge in [0.1, 0.15) is 5.75 Å². The third kappa shape index (κ3) is 5.31. The summed E-state index contributed by atoms with van der Waals surface area (Å²) >= 11 is 6.00. The average molecular weight is 353 g/mol. The summed E-state index contributed by atoms with van der Waals surface area (Å²) in [5.74, 6) is 0.877. The van der Waals surface area contributed by atoms with Gasteiger partial charge in [-0.25, -0.2) is 0 Å². The zero-order chi connectivity index (χ0) is 17.5. The number of methoxy groups -OCH3 is 1. The van der Waals surface area contributed by atoms with Crippen molar-refractivity contribution in [2.75, 3.05) is 7.11 Å². The quantitative estimate of drug-likeness (QED) is 0.601. The lowest BCUT2D eigenvalue weighted by atomic mass is 10.1. The van der Waals surface area contributed by atoms with Gasteiger partial charge in [-0.05, 0) is 53.1 Å². The second kappa shape index (κ2) is 8.65. The summed E-state index contributed by atoms with van der Waals surface area (Å²) in [6, 6.07) is 20.4. The standard InChI is InChI=1S/C21H21ClN2O/c1-25-21-8-4-18(5-9-21)15-24(16-19-10-12-23-13-11-19)14-17-2-6-20(22)7-3-17/h2-13H,14-16H2,1H3. The molecule has 0 bridgehead atoms. The molecule has 0 saturated heterocycles. The third-order valence-electron chi connectivity index (χ3n) is 4.04. The highest BCUT2D eigenvalue weighted by atomic mass is 35.5. The molecule has 3 nitrogen and oxygen atoms in total. The predicted molar refractivity (Wildman–Crippen MR) is 102 cm³/mol. The Morgan fingerprint density at radius 1 is 0.760 bits per heavy atom. The Kier molecular flexibility index (Phi) is 6.04. The molecule has 128 valence electrons. The maximum absolute atomic E-state index is 6.00. The fraction of sp³-hybridized carbons (Fsp3) is 0.190. The Balaban J connectivity index is 1.76. The molecule has 0 radical (unpaired) electrons. The fourth-order valence-electron chi connectivity index (χ4n) is 2.75. The van der Waals surface area contributed by atoms with Crippen LogP contribution in [0.2, 0.25) is 5.02 Å². The van der Waals surface area contributed by atoms with Crippen LogP contribution in [0.25, 0.3) is 0 Å². The number of rotatable bonds is 7. The Bertz CT molecular complexity index is 773. The lowest BCUT2D eigenvalue weighted by Crippen LogP contribution is -2.22. The van der Waals surface area contributed by atoms with Crippen molar-refractivity contribution in [3.63, 3.8) is 0 Å². The molecule has 0 aliphatic heterocycles. The molecule has 4 heteroatoms. The van der Waals surface area contributed by atoms with Gasteiger partial charge in [-0.3, -0.25) is 9.88 Å².